The van der Waals surface area contributed by atoms with Crippen LogP contribution in [-0.4, -0.2) is 49.4 Å². The van der Waals surface area contributed by atoms with Crippen LogP contribution in [0.25, 0.3) is 11.4 Å². The summed E-state index contributed by atoms with van der Waals surface area (Å²) in [4.78, 5) is 30.5. The van der Waals surface area contributed by atoms with Crippen LogP contribution in [0.2, 0.25) is 0 Å². The normalized spacial score (nSPS) is 12.3. The number of nitrogens with zero attached hydrogens (tertiary/aromatic N) is 2. The molecule has 2 heterocycles. The van der Waals surface area contributed by atoms with Gasteiger partial charge in [0.1, 0.15) is 11.4 Å². The second kappa shape index (κ2) is 10.4. The van der Waals surface area contributed by atoms with Gasteiger partial charge in [0.25, 0.3) is 0 Å². The number of esters is 1. The summed E-state index contributed by atoms with van der Waals surface area (Å²) in [6, 6.07) is 5.63. The van der Waals surface area contributed by atoms with Crippen LogP contribution in [0.4, 0.5) is 5.13 Å². The Kier molecular flexibility index (Phi) is 7.30. The summed E-state index contributed by atoms with van der Waals surface area (Å²) in [5.74, 6) is 0.985. The fourth-order valence-corrected chi connectivity index (χ4v) is 5.42. The number of hydrogen-bond acceptors (Lipinski definition) is 8. The molecule has 0 saturated carbocycles. The van der Waals surface area contributed by atoms with Gasteiger partial charge >= 0.3 is 5.97 Å². The molecule has 1 aliphatic carbocycles. The number of carbonyl (C=O) groups excluding carboxylic acids is 2. The highest BCUT2D eigenvalue weighted by Gasteiger charge is 2.28. The zero-order valence-corrected chi connectivity index (χ0v) is 21.3. The number of methoxy groups -OCH3 is 3. The average molecular weight is 500 g/mol. The van der Waals surface area contributed by atoms with E-state index in [1.54, 1.807) is 28.3 Å². The number of rotatable bonds is 8. The number of amides is 1. The number of hydrogen-bond donors (Lipinski definition) is 1. The van der Waals surface area contributed by atoms with Crippen LogP contribution in [0.5, 0.6) is 17.2 Å². The maximum Gasteiger partial charge on any atom is 0.354 e. The van der Waals surface area contributed by atoms with Crippen LogP contribution >= 0.6 is 11.3 Å². The number of carbonyl (C=O) groups is 2. The van der Waals surface area contributed by atoms with E-state index in [0.717, 1.165) is 46.7 Å². The minimum absolute atomic E-state index is 0.172. The van der Waals surface area contributed by atoms with Gasteiger partial charge in [0.15, 0.2) is 16.6 Å². The van der Waals surface area contributed by atoms with Gasteiger partial charge in [-0.05, 0) is 55.5 Å². The molecule has 0 bridgehead atoms. The van der Waals surface area contributed by atoms with Crippen LogP contribution in [-0.2, 0) is 28.9 Å². The maximum absolute atomic E-state index is 13.0. The van der Waals surface area contributed by atoms with Gasteiger partial charge in [-0.25, -0.2) is 9.78 Å². The summed E-state index contributed by atoms with van der Waals surface area (Å²) in [5, 5.41) is 3.35. The summed E-state index contributed by atoms with van der Waals surface area (Å²) in [6.07, 6.45) is 2.57. The summed E-state index contributed by atoms with van der Waals surface area (Å²) >= 11 is 1.47. The number of ether oxygens (including phenoxy) is 4. The Bertz CT molecular complexity index is 1240. The molecule has 186 valence electrons. The first kappa shape index (κ1) is 24.6. The third-order valence-electron chi connectivity index (χ3n) is 5.78. The molecule has 1 amide bonds. The fourth-order valence-electron chi connectivity index (χ4n) is 4.37. The lowest BCUT2D eigenvalue weighted by molar-refractivity contribution is -0.114. The number of benzene rings is 1. The summed E-state index contributed by atoms with van der Waals surface area (Å²) < 4.78 is 23.8. The molecule has 1 aliphatic rings. The number of aromatic nitrogens is 2. The summed E-state index contributed by atoms with van der Waals surface area (Å²) in [5.41, 5.74) is 3.98. The third-order valence-corrected chi connectivity index (χ3v) is 6.81. The van der Waals surface area contributed by atoms with E-state index >= 15 is 0 Å². The molecule has 9 nitrogen and oxygen atoms in total. The fraction of sp³-hybridized carbons (Fsp3) is 0.400. The first-order valence-corrected chi connectivity index (χ1v) is 12.2. The van der Waals surface area contributed by atoms with Crippen molar-refractivity contribution < 1.29 is 28.5 Å². The average Bonchev–Trinajstić information content (AvgIpc) is 3.33. The Morgan fingerprint density at radius 2 is 1.80 bits per heavy atom. The van der Waals surface area contributed by atoms with E-state index in [1.807, 2.05) is 22.8 Å². The first-order chi connectivity index (χ1) is 16.9. The molecule has 0 saturated heterocycles. The van der Waals surface area contributed by atoms with Crippen molar-refractivity contribution >= 4 is 28.3 Å². The largest absolute Gasteiger partial charge is 0.493 e. The molecule has 0 atom stereocenters. The van der Waals surface area contributed by atoms with E-state index in [2.05, 4.69) is 5.32 Å². The number of anilines is 1. The monoisotopic (exact) mass is 499 g/mol. The summed E-state index contributed by atoms with van der Waals surface area (Å²) in [6.45, 7) is 3.87. The zero-order valence-electron chi connectivity index (χ0n) is 20.5. The van der Waals surface area contributed by atoms with Crippen molar-refractivity contribution in [2.75, 3.05) is 33.3 Å². The van der Waals surface area contributed by atoms with E-state index in [-0.39, 0.29) is 12.5 Å². The highest BCUT2D eigenvalue weighted by atomic mass is 32.1. The Morgan fingerprint density at radius 1 is 1.09 bits per heavy atom. The van der Waals surface area contributed by atoms with Crippen molar-refractivity contribution in [2.24, 2.45) is 0 Å². The Hall–Kier alpha value is -3.53. The second-order valence-electron chi connectivity index (χ2n) is 8.07. The molecule has 1 aromatic carbocycles. The lowest BCUT2D eigenvalue weighted by atomic mass is 10.1. The van der Waals surface area contributed by atoms with Gasteiger partial charge in [0.2, 0.25) is 11.7 Å². The van der Waals surface area contributed by atoms with E-state index in [9.17, 15) is 9.59 Å². The lowest BCUT2D eigenvalue weighted by Crippen LogP contribution is -2.14. The van der Waals surface area contributed by atoms with Gasteiger partial charge in [-0.3, -0.25) is 4.79 Å². The SMILES string of the molecule is CCOC(=O)c1cc2c(n1Cc1cc(OC)c(OC)c(OC)c1)-c1nc(NC(C)=O)sc1CCC2. The van der Waals surface area contributed by atoms with E-state index in [1.165, 1.54) is 18.3 Å². The van der Waals surface area contributed by atoms with E-state index in [0.29, 0.717) is 34.6 Å². The van der Waals surface area contributed by atoms with Crippen LogP contribution in [0.1, 0.15) is 46.8 Å². The third kappa shape index (κ3) is 4.84. The molecular weight excluding hydrogens is 470 g/mol. The van der Waals surface area contributed by atoms with Gasteiger partial charge in [0.05, 0.1) is 33.6 Å². The van der Waals surface area contributed by atoms with Crippen molar-refractivity contribution in [3.63, 3.8) is 0 Å². The highest BCUT2D eigenvalue weighted by Crippen LogP contribution is 2.41. The molecule has 10 heteroatoms. The van der Waals surface area contributed by atoms with Gasteiger partial charge in [-0.15, -0.1) is 11.3 Å². The molecule has 1 N–H and O–H groups in total. The Labute approximate surface area is 208 Å². The van der Waals surface area contributed by atoms with Crippen molar-refractivity contribution in [2.45, 2.75) is 39.7 Å². The quantitative estimate of drug-likeness (QED) is 0.461. The zero-order chi connectivity index (χ0) is 25.1. The van der Waals surface area contributed by atoms with Crippen molar-refractivity contribution in [3.8, 4) is 28.6 Å². The van der Waals surface area contributed by atoms with Crippen LogP contribution in [0.15, 0.2) is 18.2 Å². The number of thiazole rings is 1. The molecule has 3 aromatic rings. The van der Waals surface area contributed by atoms with Crippen molar-refractivity contribution in [1.29, 1.82) is 0 Å². The molecule has 4 rings (SSSR count). The minimum atomic E-state index is -0.396. The van der Waals surface area contributed by atoms with E-state index < -0.39 is 5.97 Å². The minimum Gasteiger partial charge on any atom is -0.493 e. The Balaban J connectivity index is 1.89. The first-order valence-electron chi connectivity index (χ1n) is 11.4. The number of fused-ring (bicyclic) bond motifs is 3. The predicted octanol–water partition coefficient (Wildman–Crippen LogP) is 4.31. The molecule has 0 spiro atoms. The second-order valence-corrected chi connectivity index (χ2v) is 9.15. The molecule has 0 aliphatic heterocycles. The van der Waals surface area contributed by atoms with Gasteiger partial charge in [0, 0.05) is 18.3 Å². The van der Waals surface area contributed by atoms with Crippen molar-refractivity contribution in [1.82, 2.24) is 9.55 Å². The topological polar surface area (TPSA) is 101 Å². The maximum atomic E-state index is 13.0. The predicted molar refractivity (Wildman–Crippen MR) is 133 cm³/mol. The molecular formula is C25H29N3O6S. The van der Waals surface area contributed by atoms with Crippen LogP contribution in [0.3, 0.4) is 0 Å². The molecule has 2 aromatic heterocycles. The summed E-state index contributed by atoms with van der Waals surface area (Å²) in [7, 11) is 4.69. The smallest absolute Gasteiger partial charge is 0.354 e. The molecule has 0 unspecified atom stereocenters. The van der Waals surface area contributed by atoms with E-state index in [4.69, 9.17) is 23.9 Å². The molecule has 35 heavy (non-hydrogen) atoms. The Morgan fingerprint density at radius 3 is 2.40 bits per heavy atom. The van der Waals surface area contributed by atoms with Gasteiger partial charge in [-0.2, -0.15) is 0 Å². The van der Waals surface area contributed by atoms with Crippen LogP contribution in [0, 0.1) is 0 Å². The standard InChI is InChI=1S/C25H29N3O6S/c1-6-34-24(30)17-12-16-8-7-9-20-21(27-25(35-20)26-14(2)29)22(16)28(17)13-15-10-18(31-3)23(33-5)19(11-15)32-4/h10-12H,6-9,13H2,1-5H3,(H,26,27,29). The molecule has 0 radical (unpaired) electrons. The van der Waals surface area contributed by atoms with Crippen molar-refractivity contribution in [3.05, 3.63) is 39.9 Å². The number of aryl methyl sites for hydroxylation is 2. The lowest BCUT2D eigenvalue weighted by Gasteiger charge is -2.17. The highest BCUT2D eigenvalue weighted by molar-refractivity contribution is 7.16. The van der Waals surface area contributed by atoms with Gasteiger partial charge < -0.3 is 28.8 Å². The van der Waals surface area contributed by atoms with Gasteiger partial charge in [-0.1, -0.05) is 0 Å². The van der Waals surface area contributed by atoms with Crippen LogP contribution < -0.4 is 19.5 Å². The number of nitrogens with one attached hydrogen (secondary N) is 1. The molecule has 0 fully saturated rings.